The molecule has 10 heteroatoms. The van der Waals surface area contributed by atoms with E-state index in [1.165, 1.54) is 4.68 Å². The van der Waals surface area contributed by atoms with E-state index in [4.69, 9.17) is 0 Å². The number of rotatable bonds is 6. The third-order valence-corrected chi connectivity index (χ3v) is 5.26. The number of carbonyl (C=O) groups excluding carboxylic acids is 1. The first-order valence-electron chi connectivity index (χ1n) is 10.3. The summed E-state index contributed by atoms with van der Waals surface area (Å²) in [4.78, 5) is 39.3. The van der Waals surface area contributed by atoms with Crippen LogP contribution in [0.2, 0.25) is 0 Å². The summed E-state index contributed by atoms with van der Waals surface area (Å²) in [5, 5.41) is 6.63. The van der Waals surface area contributed by atoms with Gasteiger partial charge in [-0.2, -0.15) is 5.10 Å². The van der Waals surface area contributed by atoms with Crippen LogP contribution >= 0.6 is 0 Å². The van der Waals surface area contributed by atoms with Gasteiger partial charge in [0.1, 0.15) is 23.7 Å². The number of nitrogens with one attached hydrogen (secondary N) is 1. The Morgan fingerprint density at radius 2 is 1.76 bits per heavy atom. The molecule has 0 spiro atoms. The third-order valence-electron chi connectivity index (χ3n) is 5.26. The second-order valence-electron chi connectivity index (χ2n) is 7.52. The van der Waals surface area contributed by atoms with E-state index in [0.717, 1.165) is 32.9 Å². The Balaban J connectivity index is 1.83. The number of halogens is 2. The molecule has 33 heavy (non-hydrogen) atoms. The van der Waals surface area contributed by atoms with Gasteiger partial charge < -0.3 is 5.32 Å². The number of amides is 1. The summed E-state index contributed by atoms with van der Waals surface area (Å²) < 4.78 is 31.1. The number of benzene rings is 2. The van der Waals surface area contributed by atoms with Crippen LogP contribution in [0.5, 0.6) is 0 Å². The molecular formula is C23H21F2N5O3. The van der Waals surface area contributed by atoms with E-state index in [1.807, 2.05) is 13.0 Å². The number of anilines is 1. The van der Waals surface area contributed by atoms with Gasteiger partial charge in [-0.1, -0.05) is 30.3 Å². The molecule has 1 N–H and O–H groups in total. The van der Waals surface area contributed by atoms with Crippen LogP contribution in [-0.2, 0) is 24.4 Å². The Hall–Kier alpha value is -4.08. The van der Waals surface area contributed by atoms with Crippen LogP contribution in [-0.4, -0.2) is 24.8 Å². The van der Waals surface area contributed by atoms with Crippen molar-refractivity contribution in [1.29, 1.82) is 0 Å². The van der Waals surface area contributed by atoms with Gasteiger partial charge in [0.05, 0.1) is 17.9 Å². The molecule has 170 valence electrons. The summed E-state index contributed by atoms with van der Waals surface area (Å²) in [6, 6.07) is 11.6. The lowest BCUT2D eigenvalue weighted by Gasteiger charge is -2.13. The summed E-state index contributed by atoms with van der Waals surface area (Å²) >= 11 is 0. The lowest BCUT2D eigenvalue weighted by molar-refractivity contribution is -0.116. The number of hydrogen-bond acceptors (Lipinski definition) is 4. The van der Waals surface area contributed by atoms with E-state index in [1.54, 1.807) is 31.2 Å². The second kappa shape index (κ2) is 8.81. The highest BCUT2D eigenvalue weighted by atomic mass is 19.1. The van der Waals surface area contributed by atoms with Crippen molar-refractivity contribution >= 4 is 22.6 Å². The van der Waals surface area contributed by atoms with Gasteiger partial charge in [0.25, 0.3) is 5.56 Å². The molecule has 0 aliphatic carbocycles. The van der Waals surface area contributed by atoms with Gasteiger partial charge in [-0.05, 0) is 31.5 Å². The summed E-state index contributed by atoms with van der Waals surface area (Å²) in [5.41, 5.74) is -0.0194. The molecule has 0 fully saturated rings. The zero-order valence-corrected chi connectivity index (χ0v) is 18.0. The van der Waals surface area contributed by atoms with Crippen LogP contribution in [0.4, 0.5) is 14.5 Å². The molecule has 4 rings (SSSR count). The Bertz CT molecular complexity index is 1470. The Kier molecular flexibility index (Phi) is 5.91. The Morgan fingerprint density at radius 1 is 1.03 bits per heavy atom. The summed E-state index contributed by atoms with van der Waals surface area (Å²) in [5.74, 6) is -2.29. The summed E-state index contributed by atoms with van der Waals surface area (Å²) in [6.07, 6.45) is 0. The van der Waals surface area contributed by atoms with Gasteiger partial charge in [0.15, 0.2) is 5.52 Å². The molecule has 0 saturated heterocycles. The van der Waals surface area contributed by atoms with Crippen LogP contribution in [0.3, 0.4) is 0 Å². The molecule has 0 unspecified atom stereocenters. The van der Waals surface area contributed by atoms with Crippen molar-refractivity contribution in [1.82, 2.24) is 18.9 Å². The molecule has 0 radical (unpaired) electrons. The van der Waals surface area contributed by atoms with Crippen molar-refractivity contribution in [3.05, 3.63) is 92.3 Å². The number of aryl methyl sites for hydroxylation is 2. The maximum atomic E-state index is 14.0. The third kappa shape index (κ3) is 4.19. The minimum absolute atomic E-state index is 0.00251. The maximum absolute atomic E-state index is 14.0. The van der Waals surface area contributed by atoms with Gasteiger partial charge in [0, 0.05) is 12.6 Å². The Morgan fingerprint density at radius 3 is 2.45 bits per heavy atom. The molecule has 0 aliphatic rings. The number of carbonyl (C=O) groups is 1. The van der Waals surface area contributed by atoms with Gasteiger partial charge >= 0.3 is 5.69 Å². The van der Waals surface area contributed by atoms with E-state index in [-0.39, 0.29) is 23.3 Å². The predicted octanol–water partition coefficient (Wildman–Crippen LogP) is 2.65. The van der Waals surface area contributed by atoms with E-state index < -0.39 is 35.3 Å². The highest BCUT2D eigenvalue weighted by Gasteiger charge is 2.22. The van der Waals surface area contributed by atoms with Crippen molar-refractivity contribution in [2.45, 2.75) is 33.5 Å². The quantitative estimate of drug-likeness (QED) is 0.486. The van der Waals surface area contributed by atoms with Crippen molar-refractivity contribution in [3.63, 3.8) is 0 Å². The van der Waals surface area contributed by atoms with Crippen molar-refractivity contribution < 1.29 is 13.6 Å². The number of fused-ring (bicyclic) bond motifs is 1. The van der Waals surface area contributed by atoms with E-state index in [0.29, 0.717) is 12.2 Å². The number of aromatic nitrogens is 4. The molecule has 2 heterocycles. The lowest BCUT2D eigenvalue weighted by atomic mass is 10.2. The fourth-order valence-corrected chi connectivity index (χ4v) is 3.77. The largest absolute Gasteiger partial charge is 0.332 e. The van der Waals surface area contributed by atoms with Crippen molar-refractivity contribution in [2.24, 2.45) is 0 Å². The van der Waals surface area contributed by atoms with Crippen LogP contribution in [0.15, 0.2) is 58.1 Å². The lowest BCUT2D eigenvalue weighted by Crippen LogP contribution is -2.42. The van der Waals surface area contributed by atoms with Gasteiger partial charge in [-0.15, -0.1) is 0 Å². The smallest absolute Gasteiger partial charge is 0.322 e. The van der Waals surface area contributed by atoms with Gasteiger partial charge in [-0.3, -0.25) is 23.4 Å². The zero-order chi connectivity index (χ0) is 23.7. The van der Waals surface area contributed by atoms with Crippen LogP contribution < -0.4 is 16.6 Å². The first kappa shape index (κ1) is 22.1. The first-order chi connectivity index (χ1) is 15.8. The fraction of sp³-hybridized carbons (Fsp3) is 0.217. The molecule has 4 aromatic rings. The topological polar surface area (TPSA) is 90.9 Å². The minimum atomic E-state index is -0.814. The van der Waals surface area contributed by atoms with Crippen LogP contribution in [0, 0.1) is 18.6 Å². The van der Waals surface area contributed by atoms with Crippen LogP contribution in [0.25, 0.3) is 11.0 Å². The monoisotopic (exact) mass is 453 g/mol. The minimum Gasteiger partial charge on any atom is -0.322 e. The van der Waals surface area contributed by atoms with Gasteiger partial charge in [0.2, 0.25) is 5.91 Å². The van der Waals surface area contributed by atoms with E-state index in [9.17, 15) is 23.2 Å². The molecule has 0 aliphatic heterocycles. The van der Waals surface area contributed by atoms with Crippen LogP contribution in [0.1, 0.15) is 18.2 Å². The standard InChI is InChI=1S/C23H21F2N5O3/c1-3-30-21-20(14(2)27-30)28(13-19(31)26-18-11-16(24)9-10-17(18)25)23(33)29(22(21)32)12-15-7-5-4-6-8-15/h4-11H,3,12-13H2,1-2H3,(H,26,31). The molecule has 2 aromatic carbocycles. The predicted molar refractivity (Wildman–Crippen MR) is 119 cm³/mol. The fourth-order valence-electron chi connectivity index (χ4n) is 3.77. The average molecular weight is 453 g/mol. The highest BCUT2D eigenvalue weighted by molar-refractivity contribution is 5.91. The molecule has 8 nitrogen and oxygen atoms in total. The number of hydrogen-bond donors (Lipinski definition) is 1. The Labute approximate surface area is 186 Å². The highest BCUT2D eigenvalue weighted by Crippen LogP contribution is 2.17. The zero-order valence-electron chi connectivity index (χ0n) is 18.0. The van der Waals surface area contributed by atoms with Crippen molar-refractivity contribution in [2.75, 3.05) is 5.32 Å². The molecule has 1 amide bonds. The van der Waals surface area contributed by atoms with E-state index in [2.05, 4.69) is 10.4 Å². The summed E-state index contributed by atoms with van der Waals surface area (Å²) in [7, 11) is 0. The SMILES string of the molecule is CCn1nc(C)c2c1c(=O)n(Cc1ccccc1)c(=O)n2CC(=O)Nc1cc(F)ccc1F. The van der Waals surface area contributed by atoms with Crippen molar-refractivity contribution in [3.8, 4) is 0 Å². The van der Waals surface area contributed by atoms with E-state index >= 15 is 0 Å². The molecular weight excluding hydrogens is 432 g/mol. The molecule has 0 saturated carbocycles. The van der Waals surface area contributed by atoms with Gasteiger partial charge in [-0.25, -0.2) is 13.6 Å². The normalized spacial score (nSPS) is 11.2. The first-order valence-corrected chi connectivity index (χ1v) is 10.3. The number of nitrogens with zero attached hydrogens (tertiary/aromatic N) is 4. The second-order valence-corrected chi connectivity index (χ2v) is 7.52. The average Bonchev–Trinajstić information content (AvgIpc) is 3.13. The summed E-state index contributed by atoms with van der Waals surface area (Å²) in [6.45, 7) is 3.31. The maximum Gasteiger partial charge on any atom is 0.332 e. The molecule has 0 bridgehead atoms. The molecule has 0 atom stereocenters. The molecule has 2 aromatic heterocycles.